The lowest BCUT2D eigenvalue weighted by Crippen LogP contribution is -2.45. The monoisotopic (exact) mass is 303 g/mol. The van der Waals surface area contributed by atoms with Crippen LogP contribution in [0, 0.1) is 0 Å². The zero-order chi connectivity index (χ0) is 16.3. The molecule has 1 aliphatic heterocycles. The number of rotatable bonds is 4. The lowest BCUT2D eigenvalue weighted by Gasteiger charge is -2.28. The second-order valence-electron chi connectivity index (χ2n) is 5.30. The fourth-order valence-corrected chi connectivity index (χ4v) is 2.35. The Morgan fingerprint density at radius 2 is 1.91 bits per heavy atom. The third-order valence-corrected chi connectivity index (χ3v) is 3.56. The fraction of sp³-hybridized carbons (Fsp3) is 0.375. The van der Waals surface area contributed by atoms with E-state index in [2.05, 4.69) is 10.6 Å². The van der Waals surface area contributed by atoms with E-state index in [1.807, 2.05) is 50.2 Å². The number of ether oxygens (including phenoxy) is 1. The van der Waals surface area contributed by atoms with E-state index in [9.17, 15) is 9.59 Å². The van der Waals surface area contributed by atoms with Gasteiger partial charge in [0.2, 0.25) is 0 Å². The molecule has 1 heterocycles. The molecule has 1 aromatic carbocycles. The summed E-state index contributed by atoms with van der Waals surface area (Å²) in [6, 6.07) is 7.08. The van der Waals surface area contributed by atoms with Crippen LogP contribution in [-0.2, 0) is 9.53 Å². The first kappa shape index (κ1) is 15.9. The standard InChI is InChI=1S/C16H21N3O3/c1-5-22-15(20)14-10(2)13(17-16(21)18-14)11-6-8-12(9-7-11)19(3)4/h6-9,13H,5H2,1-4H3,(H2,17,18,21)/t13-/m1/s1. The second-order valence-corrected chi connectivity index (χ2v) is 5.30. The largest absolute Gasteiger partial charge is 0.461 e. The SMILES string of the molecule is CCOC(=O)C1=C(C)[C@H](c2ccc(N(C)C)cc2)NC(=O)N1. The highest BCUT2D eigenvalue weighted by molar-refractivity contribution is 5.96. The number of nitrogens with zero attached hydrogens (tertiary/aromatic N) is 1. The van der Waals surface area contributed by atoms with Crippen LogP contribution in [-0.4, -0.2) is 32.7 Å². The van der Waals surface area contributed by atoms with Gasteiger partial charge in [-0.3, -0.25) is 0 Å². The second kappa shape index (κ2) is 6.51. The van der Waals surface area contributed by atoms with Gasteiger partial charge in [0.05, 0.1) is 12.6 Å². The van der Waals surface area contributed by atoms with Crippen molar-refractivity contribution in [2.75, 3.05) is 25.6 Å². The normalized spacial score (nSPS) is 17.6. The molecule has 0 unspecified atom stereocenters. The van der Waals surface area contributed by atoms with Crippen molar-refractivity contribution in [1.82, 2.24) is 10.6 Å². The summed E-state index contributed by atoms with van der Waals surface area (Å²) in [5.41, 5.74) is 2.93. The van der Waals surface area contributed by atoms with Crippen LogP contribution in [0.4, 0.5) is 10.5 Å². The van der Waals surface area contributed by atoms with Crippen molar-refractivity contribution in [2.45, 2.75) is 19.9 Å². The number of nitrogens with one attached hydrogen (secondary N) is 2. The minimum absolute atomic E-state index is 0.215. The number of carbonyl (C=O) groups excluding carboxylic acids is 2. The highest BCUT2D eigenvalue weighted by Gasteiger charge is 2.29. The summed E-state index contributed by atoms with van der Waals surface area (Å²) >= 11 is 0. The Bertz CT molecular complexity index is 606. The van der Waals surface area contributed by atoms with E-state index in [4.69, 9.17) is 4.74 Å². The first-order valence-corrected chi connectivity index (χ1v) is 7.16. The summed E-state index contributed by atoms with van der Waals surface area (Å²) in [5, 5.41) is 5.36. The van der Waals surface area contributed by atoms with E-state index in [1.165, 1.54) is 0 Å². The molecule has 0 aromatic heterocycles. The van der Waals surface area contributed by atoms with Gasteiger partial charge in [-0.1, -0.05) is 12.1 Å². The molecule has 118 valence electrons. The first-order chi connectivity index (χ1) is 10.4. The molecule has 0 bridgehead atoms. The number of esters is 1. The number of hydrogen-bond acceptors (Lipinski definition) is 4. The van der Waals surface area contributed by atoms with Crippen LogP contribution in [0.1, 0.15) is 25.5 Å². The van der Waals surface area contributed by atoms with Gasteiger partial charge in [-0.2, -0.15) is 0 Å². The van der Waals surface area contributed by atoms with Crippen LogP contribution in [0.3, 0.4) is 0 Å². The molecule has 1 atom stereocenters. The van der Waals surface area contributed by atoms with E-state index >= 15 is 0 Å². The predicted molar refractivity (Wildman–Crippen MR) is 84.5 cm³/mol. The van der Waals surface area contributed by atoms with Gasteiger partial charge >= 0.3 is 12.0 Å². The molecule has 6 heteroatoms. The Morgan fingerprint density at radius 1 is 1.27 bits per heavy atom. The molecule has 22 heavy (non-hydrogen) atoms. The predicted octanol–water partition coefficient (Wildman–Crippen LogP) is 1.94. The number of amides is 2. The summed E-state index contributed by atoms with van der Waals surface area (Å²) in [7, 11) is 3.93. The number of carbonyl (C=O) groups is 2. The third-order valence-electron chi connectivity index (χ3n) is 3.56. The van der Waals surface area contributed by atoms with Crippen LogP contribution in [0.5, 0.6) is 0 Å². The Labute approximate surface area is 130 Å². The van der Waals surface area contributed by atoms with E-state index in [-0.39, 0.29) is 18.3 Å². The van der Waals surface area contributed by atoms with Crippen molar-refractivity contribution >= 4 is 17.7 Å². The zero-order valence-electron chi connectivity index (χ0n) is 13.3. The van der Waals surface area contributed by atoms with Gasteiger partial charge in [-0.15, -0.1) is 0 Å². The van der Waals surface area contributed by atoms with Gasteiger partial charge in [0.1, 0.15) is 5.70 Å². The summed E-state index contributed by atoms with van der Waals surface area (Å²) in [5.74, 6) is -0.509. The van der Waals surface area contributed by atoms with E-state index in [1.54, 1.807) is 6.92 Å². The van der Waals surface area contributed by atoms with Gasteiger partial charge < -0.3 is 20.3 Å². The molecule has 0 spiro atoms. The highest BCUT2D eigenvalue weighted by Crippen LogP contribution is 2.27. The van der Waals surface area contributed by atoms with Gasteiger partial charge in [-0.05, 0) is 37.1 Å². The number of benzene rings is 1. The molecule has 2 rings (SSSR count). The third kappa shape index (κ3) is 3.21. The maximum Gasteiger partial charge on any atom is 0.354 e. The zero-order valence-corrected chi connectivity index (χ0v) is 13.3. The van der Waals surface area contributed by atoms with Crippen LogP contribution in [0.15, 0.2) is 35.5 Å². The van der Waals surface area contributed by atoms with Crippen LogP contribution in [0.2, 0.25) is 0 Å². The van der Waals surface area contributed by atoms with Gasteiger partial charge in [0.15, 0.2) is 0 Å². The molecule has 2 amide bonds. The minimum atomic E-state index is -0.509. The van der Waals surface area contributed by atoms with Crippen molar-refractivity contribution in [3.05, 3.63) is 41.1 Å². The molecule has 2 N–H and O–H groups in total. The van der Waals surface area contributed by atoms with E-state index < -0.39 is 12.0 Å². The topological polar surface area (TPSA) is 70.7 Å². The van der Waals surface area contributed by atoms with Crippen molar-refractivity contribution in [1.29, 1.82) is 0 Å². The van der Waals surface area contributed by atoms with E-state index in [0.29, 0.717) is 0 Å². The summed E-state index contributed by atoms with van der Waals surface area (Å²) < 4.78 is 4.99. The average molecular weight is 303 g/mol. The molecular weight excluding hydrogens is 282 g/mol. The molecular formula is C16H21N3O3. The Morgan fingerprint density at radius 3 is 2.45 bits per heavy atom. The average Bonchev–Trinajstić information content (AvgIpc) is 2.49. The number of hydrogen-bond donors (Lipinski definition) is 2. The van der Waals surface area contributed by atoms with Crippen LogP contribution >= 0.6 is 0 Å². The molecule has 6 nitrogen and oxygen atoms in total. The van der Waals surface area contributed by atoms with Gasteiger partial charge in [-0.25, -0.2) is 9.59 Å². The van der Waals surface area contributed by atoms with Crippen molar-refractivity contribution in [2.24, 2.45) is 0 Å². The van der Waals surface area contributed by atoms with Crippen molar-refractivity contribution in [3.63, 3.8) is 0 Å². The van der Waals surface area contributed by atoms with Crippen LogP contribution < -0.4 is 15.5 Å². The minimum Gasteiger partial charge on any atom is -0.461 e. The van der Waals surface area contributed by atoms with E-state index in [0.717, 1.165) is 16.8 Å². The van der Waals surface area contributed by atoms with Crippen molar-refractivity contribution < 1.29 is 14.3 Å². The molecule has 0 radical (unpaired) electrons. The highest BCUT2D eigenvalue weighted by atomic mass is 16.5. The maximum atomic E-state index is 11.9. The smallest absolute Gasteiger partial charge is 0.354 e. The van der Waals surface area contributed by atoms with Crippen LogP contribution in [0.25, 0.3) is 0 Å². The molecule has 1 aromatic rings. The quantitative estimate of drug-likeness (QED) is 0.834. The lowest BCUT2D eigenvalue weighted by atomic mass is 9.96. The van der Waals surface area contributed by atoms with Crippen molar-refractivity contribution in [3.8, 4) is 0 Å². The Balaban J connectivity index is 2.34. The molecule has 0 saturated heterocycles. The maximum absolute atomic E-state index is 11.9. The van der Waals surface area contributed by atoms with Gasteiger partial charge in [0.25, 0.3) is 0 Å². The Hall–Kier alpha value is -2.50. The fourth-order valence-electron chi connectivity index (χ4n) is 2.35. The first-order valence-electron chi connectivity index (χ1n) is 7.16. The molecule has 0 aliphatic carbocycles. The number of urea groups is 1. The summed E-state index contributed by atoms with van der Waals surface area (Å²) in [6.45, 7) is 3.80. The Kier molecular flexibility index (Phi) is 4.70. The van der Waals surface area contributed by atoms with Gasteiger partial charge in [0, 0.05) is 19.8 Å². The lowest BCUT2D eigenvalue weighted by molar-refractivity contribution is -0.139. The summed E-state index contributed by atoms with van der Waals surface area (Å²) in [4.78, 5) is 25.8. The molecule has 0 fully saturated rings. The molecule has 0 saturated carbocycles. The molecule has 1 aliphatic rings. The summed E-state index contributed by atoms with van der Waals surface area (Å²) in [6.07, 6.45) is 0. The number of anilines is 1.